The number of nitrogens with two attached hydrogens (primary N) is 1. The van der Waals surface area contributed by atoms with Gasteiger partial charge in [0, 0.05) is 11.6 Å². The third-order valence-corrected chi connectivity index (χ3v) is 2.39. The van der Waals surface area contributed by atoms with Crippen LogP contribution < -0.4 is 11.1 Å². The van der Waals surface area contributed by atoms with Gasteiger partial charge in [-0.05, 0) is 30.3 Å². The first kappa shape index (κ1) is 11.8. The third-order valence-electron chi connectivity index (χ3n) is 2.39. The summed E-state index contributed by atoms with van der Waals surface area (Å²) in [5.41, 5.74) is 6.65. The van der Waals surface area contributed by atoms with Gasteiger partial charge in [-0.1, -0.05) is 6.07 Å². The van der Waals surface area contributed by atoms with E-state index in [-0.39, 0.29) is 23.1 Å². The highest BCUT2D eigenvalue weighted by molar-refractivity contribution is 6.06. The number of amides is 1. The van der Waals surface area contributed by atoms with Crippen molar-refractivity contribution < 1.29 is 15.0 Å². The zero-order valence-corrected chi connectivity index (χ0v) is 9.42. The van der Waals surface area contributed by atoms with Crippen molar-refractivity contribution >= 4 is 17.3 Å². The minimum atomic E-state index is -0.386. The van der Waals surface area contributed by atoms with Crippen LogP contribution in [0.2, 0.25) is 0 Å². The quantitative estimate of drug-likeness (QED) is 0.479. The molecule has 0 radical (unpaired) electrons. The summed E-state index contributed by atoms with van der Waals surface area (Å²) < 4.78 is 0. The molecule has 1 amide bonds. The second-order valence-electron chi connectivity index (χ2n) is 3.78. The van der Waals surface area contributed by atoms with Crippen molar-refractivity contribution in [1.82, 2.24) is 0 Å². The van der Waals surface area contributed by atoms with Crippen LogP contribution in [0.5, 0.6) is 11.5 Å². The number of nitrogen functional groups attached to an aromatic ring is 1. The second-order valence-corrected chi connectivity index (χ2v) is 3.78. The molecule has 2 aromatic carbocycles. The molecule has 0 unspecified atom stereocenters. The zero-order chi connectivity index (χ0) is 13.1. The maximum atomic E-state index is 11.9. The van der Waals surface area contributed by atoms with Crippen LogP contribution in [0.15, 0.2) is 42.5 Å². The molecular weight excluding hydrogens is 232 g/mol. The van der Waals surface area contributed by atoms with Crippen molar-refractivity contribution in [2.45, 2.75) is 0 Å². The van der Waals surface area contributed by atoms with Crippen LogP contribution >= 0.6 is 0 Å². The highest BCUT2D eigenvalue weighted by atomic mass is 16.3. The van der Waals surface area contributed by atoms with Crippen molar-refractivity contribution in [1.29, 1.82) is 0 Å². The van der Waals surface area contributed by atoms with Crippen molar-refractivity contribution in [2.75, 3.05) is 11.1 Å². The fourth-order valence-electron chi connectivity index (χ4n) is 1.51. The first-order valence-corrected chi connectivity index (χ1v) is 5.25. The average Bonchev–Trinajstić information content (AvgIpc) is 2.32. The summed E-state index contributed by atoms with van der Waals surface area (Å²) in [4.78, 5) is 11.9. The van der Waals surface area contributed by atoms with E-state index in [0.29, 0.717) is 11.3 Å². The molecule has 0 saturated carbocycles. The van der Waals surface area contributed by atoms with Gasteiger partial charge in [0.05, 0.1) is 11.4 Å². The van der Waals surface area contributed by atoms with Crippen LogP contribution in [0.3, 0.4) is 0 Å². The lowest BCUT2D eigenvalue weighted by atomic mass is 10.2. The molecule has 0 aromatic heterocycles. The maximum absolute atomic E-state index is 11.9. The summed E-state index contributed by atoms with van der Waals surface area (Å²) in [6.07, 6.45) is 0. The number of carbonyl (C=O) groups is 1. The molecule has 5 heteroatoms. The molecule has 0 fully saturated rings. The number of rotatable bonds is 2. The van der Waals surface area contributed by atoms with Crippen LogP contribution in [-0.2, 0) is 0 Å². The molecule has 2 rings (SSSR count). The van der Waals surface area contributed by atoms with Gasteiger partial charge in [0.2, 0.25) is 0 Å². The van der Waals surface area contributed by atoms with Crippen LogP contribution in [0.25, 0.3) is 0 Å². The Morgan fingerprint density at radius 1 is 1.06 bits per heavy atom. The Labute approximate surface area is 103 Å². The molecule has 5 nitrogen and oxygen atoms in total. The number of benzene rings is 2. The first-order valence-electron chi connectivity index (χ1n) is 5.25. The van der Waals surface area contributed by atoms with Crippen molar-refractivity contribution in [3.63, 3.8) is 0 Å². The van der Waals surface area contributed by atoms with Crippen LogP contribution in [0, 0.1) is 0 Å². The summed E-state index contributed by atoms with van der Waals surface area (Å²) >= 11 is 0. The van der Waals surface area contributed by atoms with E-state index < -0.39 is 0 Å². The molecule has 0 aliphatic carbocycles. The van der Waals surface area contributed by atoms with Crippen molar-refractivity contribution in [3.05, 3.63) is 48.0 Å². The van der Waals surface area contributed by atoms with Crippen LogP contribution in [0.1, 0.15) is 10.4 Å². The summed E-state index contributed by atoms with van der Waals surface area (Å²) in [6.45, 7) is 0. The Bertz CT molecular complexity index is 597. The molecule has 0 aliphatic rings. The van der Waals surface area contributed by atoms with Gasteiger partial charge in [-0.3, -0.25) is 4.79 Å². The van der Waals surface area contributed by atoms with E-state index in [2.05, 4.69) is 5.32 Å². The predicted molar refractivity (Wildman–Crippen MR) is 68.6 cm³/mol. The van der Waals surface area contributed by atoms with Gasteiger partial charge in [0.1, 0.15) is 11.5 Å². The summed E-state index contributed by atoms with van der Waals surface area (Å²) in [6, 6.07) is 10.3. The normalized spacial score (nSPS) is 10.0. The molecule has 92 valence electrons. The molecule has 0 bridgehead atoms. The van der Waals surface area contributed by atoms with Gasteiger partial charge in [-0.15, -0.1) is 0 Å². The lowest BCUT2D eigenvalue weighted by Crippen LogP contribution is -2.12. The molecule has 0 aliphatic heterocycles. The van der Waals surface area contributed by atoms with Gasteiger partial charge in [0.15, 0.2) is 0 Å². The standard InChI is InChI=1S/C13H12N2O3/c14-11-7-10(17)4-5-12(11)15-13(18)8-2-1-3-9(16)6-8/h1-7,16-17H,14H2,(H,15,18). The number of phenolic OH excluding ortho intramolecular Hbond substituents is 2. The number of aromatic hydroxyl groups is 2. The van der Waals surface area contributed by atoms with Gasteiger partial charge in [-0.25, -0.2) is 0 Å². The fourth-order valence-corrected chi connectivity index (χ4v) is 1.51. The number of nitrogens with one attached hydrogen (secondary N) is 1. The Kier molecular flexibility index (Phi) is 3.05. The molecule has 2 aromatic rings. The highest BCUT2D eigenvalue weighted by Gasteiger charge is 2.08. The largest absolute Gasteiger partial charge is 0.508 e. The van der Waals surface area contributed by atoms with Crippen molar-refractivity contribution in [3.8, 4) is 11.5 Å². The number of hydrogen-bond acceptors (Lipinski definition) is 4. The lowest BCUT2D eigenvalue weighted by Gasteiger charge is -2.08. The Morgan fingerprint density at radius 3 is 2.44 bits per heavy atom. The smallest absolute Gasteiger partial charge is 0.255 e. The average molecular weight is 244 g/mol. The second kappa shape index (κ2) is 4.67. The van der Waals surface area contributed by atoms with Crippen molar-refractivity contribution in [2.24, 2.45) is 0 Å². The minimum Gasteiger partial charge on any atom is -0.508 e. The Balaban J connectivity index is 2.21. The van der Waals surface area contributed by atoms with Gasteiger partial charge < -0.3 is 21.3 Å². The van der Waals surface area contributed by atoms with E-state index in [1.807, 2.05) is 0 Å². The summed E-state index contributed by atoms with van der Waals surface area (Å²) in [5, 5.41) is 21.1. The molecule has 18 heavy (non-hydrogen) atoms. The number of anilines is 2. The molecule has 5 N–H and O–H groups in total. The monoisotopic (exact) mass is 244 g/mol. The lowest BCUT2D eigenvalue weighted by molar-refractivity contribution is 0.102. The van der Waals surface area contributed by atoms with E-state index in [9.17, 15) is 15.0 Å². The molecule has 0 spiro atoms. The minimum absolute atomic E-state index is 0.0151. The summed E-state index contributed by atoms with van der Waals surface area (Å²) in [7, 11) is 0. The van der Waals surface area contributed by atoms with E-state index in [4.69, 9.17) is 5.73 Å². The fraction of sp³-hybridized carbons (Fsp3) is 0. The summed E-state index contributed by atoms with van der Waals surface area (Å²) in [5.74, 6) is -0.340. The van der Waals surface area contributed by atoms with Gasteiger partial charge in [-0.2, -0.15) is 0 Å². The Morgan fingerprint density at radius 2 is 1.78 bits per heavy atom. The van der Waals surface area contributed by atoms with E-state index in [1.54, 1.807) is 12.1 Å². The third kappa shape index (κ3) is 2.52. The topological polar surface area (TPSA) is 95.6 Å². The van der Waals surface area contributed by atoms with Gasteiger partial charge >= 0.3 is 0 Å². The molecule has 0 atom stereocenters. The zero-order valence-electron chi connectivity index (χ0n) is 9.42. The number of hydrogen-bond donors (Lipinski definition) is 4. The van der Waals surface area contributed by atoms with E-state index >= 15 is 0 Å². The number of phenols is 2. The Hall–Kier alpha value is -2.69. The first-order chi connectivity index (χ1) is 8.56. The van der Waals surface area contributed by atoms with E-state index in [1.165, 1.54) is 30.3 Å². The predicted octanol–water partition coefficient (Wildman–Crippen LogP) is 1.93. The number of carbonyl (C=O) groups excluding carboxylic acids is 1. The molecule has 0 saturated heterocycles. The van der Waals surface area contributed by atoms with Gasteiger partial charge in [0.25, 0.3) is 5.91 Å². The van der Waals surface area contributed by atoms with Crippen LogP contribution in [0.4, 0.5) is 11.4 Å². The molecule has 0 heterocycles. The van der Waals surface area contributed by atoms with Crippen LogP contribution in [-0.4, -0.2) is 16.1 Å². The molecular formula is C13H12N2O3. The SMILES string of the molecule is Nc1cc(O)ccc1NC(=O)c1cccc(O)c1. The highest BCUT2D eigenvalue weighted by Crippen LogP contribution is 2.24. The maximum Gasteiger partial charge on any atom is 0.255 e. The van der Waals surface area contributed by atoms with E-state index in [0.717, 1.165) is 0 Å².